The Morgan fingerprint density at radius 2 is 2.09 bits per heavy atom. The first-order valence-electron chi connectivity index (χ1n) is 13.3. The molecule has 1 fully saturated rings. The van der Waals surface area contributed by atoms with Crippen LogP contribution >= 0.6 is 0 Å². The molecule has 0 aliphatic carbocycles. The van der Waals surface area contributed by atoms with Crippen molar-refractivity contribution in [3.63, 3.8) is 0 Å². The van der Waals surface area contributed by atoms with Crippen molar-refractivity contribution in [2.75, 3.05) is 38.1 Å². The van der Waals surface area contributed by atoms with Crippen LogP contribution in [-0.4, -0.2) is 57.6 Å². The highest BCUT2D eigenvalue weighted by Crippen LogP contribution is 2.28. The van der Waals surface area contributed by atoms with E-state index >= 15 is 0 Å². The van der Waals surface area contributed by atoms with Crippen molar-refractivity contribution >= 4 is 5.82 Å². The summed E-state index contributed by atoms with van der Waals surface area (Å²) in [5.74, 6) is 2.15. The second-order valence-corrected chi connectivity index (χ2v) is 10.4. The maximum atomic E-state index is 9.80. The van der Waals surface area contributed by atoms with Crippen molar-refractivity contribution < 1.29 is 5.11 Å². The van der Waals surface area contributed by atoms with Crippen LogP contribution in [0.4, 0.5) is 5.82 Å². The van der Waals surface area contributed by atoms with Crippen molar-refractivity contribution in [2.24, 2.45) is 5.92 Å². The van der Waals surface area contributed by atoms with Crippen LogP contribution in [0.3, 0.4) is 0 Å². The number of nitrogens with one attached hydrogen (secondary N) is 1. The Morgan fingerprint density at radius 3 is 2.91 bits per heavy atom. The summed E-state index contributed by atoms with van der Waals surface area (Å²) in [6.07, 6.45) is 6.63. The Labute approximate surface area is 209 Å². The number of likely N-dealkylation sites (tertiary alicyclic amines) is 1. The van der Waals surface area contributed by atoms with E-state index in [0.29, 0.717) is 5.92 Å². The van der Waals surface area contributed by atoms with Crippen molar-refractivity contribution in [2.45, 2.75) is 58.3 Å². The normalized spacial score (nSPS) is 18.9. The number of aliphatic hydroxyl groups excluding tert-OH is 1. The molecular weight excluding hydrogens is 434 g/mol. The molecule has 1 unspecified atom stereocenters. The number of hydrogen-bond acceptors (Lipinski definition) is 5. The van der Waals surface area contributed by atoms with Crippen molar-refractivity contribution in [3.05, 3.63) is 70.7 Å². The van der Waals surface area contributed by atoms with E-state index in [1.165, 1.54) is 36.1 Å². The second kappa shape index (κ2) is 10.9. The zero-order valence-electron chi connectivity index (χ0n) is 21.2. The quantitative estimate of drug-likeness (QED) is 0.473. The first kappa shape index (κ1) is 24.0. The molecule has 4 heterocycles. The number of rotatable bonds is 9. The lowest BCUT2D eigenvalue weighted by Crippen LogP contribution is -2.27. The fourth-order valence-electron chi connectivity index (χ4n) is 5.81. The van der Waals surface area contributed by atoms with Gasteiger partial charge in [0.05, 0.1) is 11.4 Å². The number of hydrogen-bond donors (Lipinski definition) is 2. The third-order valence-electron chi connectivity index (χ3n) is 7.68. The van der Waals surface area contributed by atoms with Crippen molar-refractivity contribution in [1.29, 1.82) is 0 Å². The number of fused-ring (bicyclic) bond motifs is 1. The summed E-state index contributed by atoms with van der Waals surface area (Å²) in [7, 11) is 0. The number of aryl methyl sites for hydroxylation is 4. The largest absolute Gasteiger partial charge is 0.396 e. The Hall–Kier alpha value is -2.70. The van der Waals surface area contributed by atoms with E-state index in [-0.39, 0.29) is 6.61 Å². The second-order valence-electron chi connectivity index (χ2n) is 10.4. The number of benzene rings is 1. The van der Waals surface area contributed by atoms with Crippen molar-refractivity contribution in [1.82, 2.24) is 19.7 Å². The number of aromatic nitrogens is 3. The fourth-order valence-corrected chi connectivity index (χ4v) is 5.81. The van der Waals surface area contributed by atoms with Gasteiger partial charge in [-0.05, 0) is 106 Å². The van der Waals surface area contributed by atoms with Crippen LogP contribution in [0.2, 0.25) is 0 Å². The van der Waals surface area contributed by atoms with E-state index in [1.54, 1.807) is 0 Å². The van der Waals surface area contributed by atoms with E-state index in [0.717, 1.165) is 74.3 Å². The molecule has 35 heavy (non-hydrogen) atoms. The molecule has 2 N–H and O–H groups in total. The van der Waals surface area contributed by atoms with Gasteiger partial charge < -0.3 is 15.3 Å². The monoisotopic (exact) mass is 473 g/mol. The van der Waals surface area contributed by atoms with Gasteiger partial charge in [0.2, 0.25) is 0 Å². The molecule has 186 valence electrons. The highest BCUT2D eigenvalue weighted by molar-refractivity contribution is 5.47. The van der Waals surface area contributed by atoms with Crippen molar-refractivity contribution in [3.8, 4) is 5.69 Å². The molecule has 2 aromatic heterocycles. The van der Waals surface area contributed by atoms with E-state index in [2.05, 4.69) is 64.7 Å². The third-order valence-corrected chi connectivity index (χ3v) is 7.68. The molecule has 2 aliphatic heterocycles. The first-order chi connectivity index (χ1) is 17.1. The van der Waals surface area contributed by atoms with Crippen LogP contribution in [0.25, 0.3) is 5.69 Å². The first-order valence-corrected chi connectivity index (χ1v) is 13.3. The van der Waals surface area contributed by atoms with Gasteiger partial charge in [0.25, 0.3) is 0 Å². The van der Waals surface area contributed by atoms with Gasteiger partial charge in [0.15, 0.2) is 0 Å². The molecule has 3 aromatic rings. The van der Waals surface area contributed by atoms with Crippen LogP contribution in [0.5, 0.6) is 0 Å². The molecule has 1 saturated heterocycles. The lowest BCUT2D eigenvalue weighted by molar-refractivity contribution is 0.242. The molecule has 0 bridgehead atoms. The van der Waals surface area contributed by atoms with E-state index < -0.39 is 0 Å². The number of pyridine rings is 1. The molecule has 1 aromatic carbocycles. The Morgan fingerprint density at radius 1 is 1.17 bits per heavy atom. The number of nitrogens with zero attached hydrogens (tertiary/aromatic N) is 4. The Kier molecular flexibility index (Phi) is 7.49. The van der Waals surface area contributed by atoms with Crippen LogP contribution in [0.1, 0.15) is 59.8 Å². The number of anilines is 1. The summed E-state index contributed by atoms with van der Waals surface area (Å²) in [6, 6.07) is 15.3. The fraction of sp³-hybridized carbons (Fsp3) is 0.517. The highest BCUT2D eigenvalue weighted by atomic mass is 16.3. The van der Waals surface area contributed by atoms with Gasteiger partial charge in [-0.15, -0.1) is 0 Å². The van der Waals surface area contributed by atoms with Gasteiger partial charge in [-0.3, -0.25) is 0 Å². The Balaban J connectivity index is 1.19. The van der Waals surface area contributed by atoms with Gasteiger partial charge >= 0.3 is 0 Å². The highest BCUT2D eigenvalue weighted by Gasteiger charge is 2.25. The zero-order valence-corrected chi connectivity index (χ0v) is 21.2. The summed E-state index contributed by atoms with van der Waals surface area (Å²) in [4.78, 5) is 7.49. The maximum absolute atomic E-state index is 9.80. The Bertz CT molecular complexity index is 1140. The molecule has 6 nitrogen and oxygen atoms in total. The number of aliphatic hydroxyl groups is 1. The van der Waals surface area contributed by atoms with Gasteiger partial charge in [-0.1, -0.05) is 18.2 Å². The van der Waals surface area contributed by atoms with Crippen LogP contribution in [0, 0.1) is 19.8 Å². The molecule has 0 spiro atoms. The predicted molar refractivity (Wildman–Crippen MR) is 141 cm³/mol. The van der Waals surface area contributed by atoms with Crippen LogP contribution in [0.15, 0.2) is 42.5 Å². The average molecular weight is 474 g/mol. The summed E-state index contributed by atoms with van der Waals surface area (Å²) < 4.78 is 2.02. The molecule has 0 amide bonds. The summed E-state index contributed by atoms with van der Waals surface area (Å²) >= 11 is 0. The van der Waals surface area contributed by atoms with E-state index in [9.17, 15) is 5.11 Å². The van der Waals surface area contributed by atoms with E-state index in [1.807, 2.05) is 11.6 Å². The van der Waals surface area contributed by atoms with Crippen LogP contribution in [-0.2, 0) is 12.8 Å². The molecule has 0 saturated carbocycles. The maximum Gasteiger partial charge on any atom is 0.129 e. The summed E-state index contributed by atoms with van der Waals surface area (Å²) in [6.45, 7) is 8.66. The SMILES string of the molecule is Cc1cc(C)n(-c2cccc(C(CCO)CN3CC[C@@H](CCc4ccc5c(n4)NCCC5)C3)c2)n1. The van der Waals surface area contributed by atoms with Gasteiger partial charge in [0, 0.05) is 37.6 Å². The van der Waals surface area contributed by atoms with Gasteiger partial charge in [0.1, 0.15) is 5.82 Å². The molecule has 2 aliphatic rings. The zero-order chi connectivity index (χ0) is 24.2. The third kappa shape index (κ3) is 5.76. The molecular formula is C29H39N5O. The molecule has 2 atom stereocenters. The molecule has 6 heteroatoms. The average Bonchev–Trinajstić information content (AvgIpc) is 3.47. The summed E-state index contributed by atoms with van der Waals surface area (Å²) in [5.41, 5.74) is 7.15. The summed E-state index contributed by atoms with van der Waals surface area (Å²) in [5, 5.41) is 17.9. The standard InChI is InChI=1S/C29H39N5O/c1-21-17-22(2)34(32-21)28-7-3-5-25(18-28)26(13-16-35)20-33-15-12-23(19-33)8-10-27-11-9-24-6-4-14-30-29(24)31-27/h3,5,7,9,11,17-18,23,26,35H,4,6,8,10,12-16,19-20H2,1-2H3,(H,30,31)/t23-,26?/m1/s1. The van der Waals surface area contributed by atoms with Crippen LogP contribution < -0.4 is 5.32 Å². The molecule has 0 radical (unpaired) electrons. The molecule has 5 rings (SSSR count). The smallest absolute Gasteiger partial charge is 0.129 e. The van der Waals surface area contributed by atoms with Gasteiger partial charge in [-0.2, -0.15) is 5.10 Å². The predicted octanol–water partition coefficient (Wildman–Crippen LogP) is 4.66. The lowest BCUT2D eigenvalue weighted by Gasteiger charge is -2.24. The minimum Gasteiger partial charge on any atom is -0.396 e. The minimum atomic E-state index is 0.212. The lowest BCUT2D eigenvalue weighted by atomic mass is 9.95. The topological polar surface area (TPSA) is 66.2 Å². The van der Waals surface area contributed by atoms with E-state index in [4.69, 9.17) is 4.98 Å². The minimum absolute atomic E-state index is 0.212. The van der Waals surface area contributed by atoms with Gasteiger partial charge in [-0.25, -0.2) is 9.67 Å².